The number of carbonyl (C=O) groups is 2. The van der Waals surface area contributed by atoms with E-state index in [2.05, 4.69) is 15.5 Å². The van der Waals surface area contributed by atoms with Gasteiger partial charge in [-0.1, -0.05) is 5.16 Å². The number of carboxylic acid groups (broad SMARTS) is 1. The van der Waals surface area contributed by atoms with Crippen molar-refractivity contribution in [3.63, 3.8) is 0 Å². The highest BCUT2D eigenvalue weighted by Gasteiger charge is 2.37. The maximum atomic E-state index is 12.7. The van der Waals surface area contributed by atoms with E-state index in [9.17, 15) is 9.59 Å². The fourth-order valence-electron chi connectivity index (χ4n) is 3.73. The van der Waals surface area contributed by atoms with Crippen molar-refractivity contribution in [2.45, 2.75) is 57.1 Å². The average Bonchev–Trinajstić information content (AvgIpc) is 3.27. The zero-order valence-electron chi connectivity index (χ0n) is 15.1. The molecule has 3 aliphatic rings. The van der Waals surface area contributed by atoms with Crippen LogP contribution in [0, 0.1) is 0 Å². The minimum absolute atomic E-state index is 0.376. The Morgan fingerprint density at radius 1 is 1.25 bits per heavy atom. The zero-order valence-corrected chi connectivity index (χ0v) is 16.0. The van der Waals surface area contributed by atoms with Gasteiger partial charge in [0.05, 0.1) is 5.56 Å². The Hall–Kier alpha value is -2.62. The van der Waals surface area contributed by atoms with Gasteiger partial charge in [-0.2, -0.15) is 4.98 Å². The van der Waals surface area contributed by atoms with Gasteiger partial charge in [-0.05, 0) is 44.1 Å². The largest absolute Gasteiger partial charge is 0.507 e. The summed E-state index contributed by atoms with van der Waals surface area (Å²) in [6.45, 7) is 0.455. The topological polar surface area (TPSA) is 118 Å². The number of thiophene rings is 1. The summed E-state index contributed by atoms with van der Waals surface area (Å²) >= 11 is 1.54. The van der Waals surface area contributed by atoms with Gasteiger partial charge in [0.25, 0.3) is 5.89 Å². The van der Waals surface area contributed by atoms with Crippen LogP contribution in [0.25, 0.3) is 11.5 Å². The van der Waals surface area contributed by atoms with Crippen molar-refractivity contribution < 1.29 is 24.0 Å². The highest BCUT2D eigenvalue weighted by molar-refractivity contribution is 7.17. The molecule has 0 aromatic carbocycles. The number of urea groups is 1. The summed E-state index contributed by atoms with van der Waals surface area (Å²) in [5.41, 5.74) is 2.00. The second kappa shape index (κ2) is 6.77. The first-order valence-electron chi connectivity index (χ1n) is 9.56. The summed E-state index contributed by atoms with van der Waals surface area (Å²) in [4.78, 5) is 30.6. The lowest BCUT2D eigenvalue weighted by molar-refractivity contribution is -0.0661. The van der Waals surface area contributed by atoms with E-state index in [4.69, 9.17) is 14.4 Å². The number of likely N-dealkylation sites (tertiary alicyclic amines) is 1. The highest BCUT2D eigenvalue weighted by Crippen LogP contribution is 2.45. The van der Waals surface area contributed by atoms with Crippen molar-refractivity contribution in [1.82, 2.24) is 15.0 Å². The third kappa shape index (κ3) is 3.11. The molecule has 1 saturated heterocycles. The van der Waals surface area contributed by atoms with Crippen LogP contribution >= 0.6 is 11.3 Å². The first-order valence-corrected chi connectivity index (χ1v) is 10.4. The van der Waals surface area contributed by atoms with Gasteiger partial charge in [-0.3, -0.25) is 10.2 Å². The number of hydrogen-bond donors (Lipinski definition) is 2. The smallest absolute Gasteiger partial charge is 0.450 e. The molecule has 1 atom stereocenters. The van der Waals surface area contributed by atoms with E-state index < -0.39 is 12.4 Å². The molecular weight excluding hydrogens is 384 g/mol. The summed E-state index contributed by atoms with van der Waals surface area (Å²) in [6.07, 6.45) is 4.67. The van der Waals surface area contributed by atoms with Crippen LogP contribution in [0.5, 0.6) is 0 Å². The van der Waals surface area contributed by atoms with E-state index in [0.29, 0.717) is 29.8 Å². The van der Waals surface area contributed by atoms with Crippen LogP contribution in [0.4, 0.5) is 14.6 Å². The van der Waals surface area contributed by atoms with E-state index in [0.717, 1.165) is 49.9 Å². The molecule has 2 aromatic heterocycles. The molecular formula is C18H20N4O5S. The normalized spacial score (nSPS) is 21.0. The number of hydrogen-bond acceptors (Lipinski definition) is 7. The third-order valence-electron chi connectivity index (χ3n) is 5.45. The van der Waals surface area contributed by atoms with Gasteiger partial charge in [0.1, 0.15) is 5.00 Å². The Morgan fingerprint density at radius 2 is 2.07 bits per heavy atom. The molecule has 10 heteroatoms. The number of nitrogens with zero attached hydrogens (tertiary/aromatic N) is 3. The molecule has 148 valence electrons. The van der Waals surface area contributed by atoms with Gasteiger partial charge in [-0.15, -0.1) is 11.3 Å². The summed E-state index contributed by atoms with van der Waals surface area (Å²) in [7, 11) is 0. The maximum Gasteiger partial charge on any atom is 0.507 e. The van der Waals surface area contributed by atoms with Crippen molar-refractivity contribution in [3.8, 4) is 11.5 Å². The number of aryl methyl sites for hydroxylation is 1. The second-order valence-electron chi connectivity index (χ2n) is 7.40. The van der Waals surface area contributed by atoms with E-state index in [-0.39, 0.29) is 6.03 Å². The predicted octanol–water partition coefficient (Wildman–Crippen LogP) is 3.81. The molecule has 2 aliphatic carbocycles. The van der Waals surface area contributed by atoms with Gasteiger partial charge in [0.15, 0.2) is 12.1 Å². The number of fused-ring (bicyclic) bond motifs is 1. The number of nitrogens with one attached hydrogen (secondary N) is 1. The highest BCUT2D eigenvalue weighted by atomic mass is 32.1. The van der Waals surface area contributed by atoms with Crippen molar-refractivity contribution >= 4 is 28.5 Å². The van der Waals surface area contributed by atoms with Crippen LogP contribution in [-0.4, -0.2) is 45.1 Å². The van der Waals surface area contributed by atoms with Crippen molar-refractivity contribution in [2.24, 2.45) is 0 Å². The van der Waals surface area contributed by atoms with Crippen LogP contribution in [-0.2, 0) is 17.6 Å². The lowest BCUT2D eigenvalue weighted by Gasteiger charge is -2.38. The first-order chi connectivity index (χ1) is 13.6. The number of anilines is 1. The van der Waals surface area contributed by atoms with Gasteiger partial charge >= 0.3 is 12.2 Å². The molecule has 3 heterocycles. The molecule has 2 aromatic rings. The van der Waals surface area contributed by atoms with Crippen molar-refractivity contribution in [1.29, 1.82) is 0 Å². The molecule has 2 fully saturated rings. The van der Waals surface area contributed by atoms with Crippen LogP contribution in [0.15, 0.2) is 4.52 Å². The molecule has 2 N–H and O–H groups in total. The number of amides is 2. The van der Waals surface area contributed by atoms with Crippen LogP contribution in [0.1, 0.15) is 54.3 Å². The van der Waals surface area contributed by atoms with E-state index in [1.54, 1.807) is 11.3 Å². The van der Waals surface area contributed by atoms with Crippen LogP contribution in [0.2, 0.25) is 0 Å². The van der Waals surface area contributed by atoms with E-state index in [1.807, 2.05) is 0 Å². The molecule has 0 radical (unpaired) electrons. The maximum absolute atomic E-state index is 12.7. The molecule has 0 bridgehead atoms. The Balaban J connectivity index is 1.43. The second-order valence-corrected chi connectivity index (χ2v) is 8.50. The quantitative estimate of drug-likeness (QED) is 0.744. The fraction of sp³-hybridized carbons (Fsp3) is 0.556. The van der Waals surface area contributed by atoms with E-state index in [1.165, 1.54) is 15.3 Å². The lowest BCUT2D eigenvalue weighted by atomic mass is 9.95. The zero-order chi connectivity index (χ0) is 19.3. The van der Waals surface area contributed by atoms with Gasteiger partial charge in [0.2, 0.25) is 0 Å². The Labute approximate surface area is 164 Å². The van der Waals surface area contributed by atoms with Crippen LogP contribution in [0.3, 0.4) is 0 Å². The molecule has 5 rings (SSSR count). The molecule has 1 aliphatic heterocycles. The van der Waals surface area contributed by atoms with Gasteiger partial charge in [-0.25, -0.2) is 9.59 Å². The fourth-order valence-corrected chi connectivity index (χ4v) is 5.00. The van der Waals surface area contributed by atoms with Gasteiger partial charge < -0.3 is 14.4 Å². The van der Waals surface area contributed by atoms with Gasteiger partial charge in [0, 0.05) is 23.8 Å². The molecule has 0 unspecified atom stereocenters. The van der Waals surface area contributed by atoms with Crippen molar-refractivity contribution in [3.05, 3.63) is 16.3 Å². The molecule has 9 nitrogen and oxygen atoms in total. The van der Waals surface area contributed by atoms with E-state index >= 15 is 0 Å². The average molecular weight is 404 g/mol. The lowest BCUT2D eigenvalue weighted by Crippen LogP contribution is -2.54. The van der Waals surface area contributed by atoms with Crippen LogP contribution < -0.4 is 5.32 Å². The first kappa shape index (κ1) is 17.5. The summed E-state index contributed by atoms with van der Waals surface area (Å²) < 4.78 is 10.3. The Morgan fingerprint density at radius 3 is 2.79 bits per heavy atom. The SMILES string of the molecule is O=C(O)O[C@@H]1CCN1C(=O)Nc1sc2c(c1-c1nc(C3CC3)no1)CCCC2. The number of aromatic nitrogens is 2. The minimum Gasteiger partial charge on any atom is -0.450 e. The summed E-state index contributed by atoms with van der Waals surface area (Å²) in [5, 5.41) is 16.5. The molecule has 28 heavy (non-hydrogen) atoms. The molecule has 2 amide bonds. The number of carbonyl (C=O) groups excluding carboxylic acids is 1. The Kier molecular flexibility index (Phi) is 4.22. The Bertz CT molecular complexity index is 935. The standard InChI is InChI=1S/C18H20N4O5S/c23-17(22-8-7-12(22)26-18(24)25)20-16-13(10-3-1-2-4-11(10)28-16)15-19-14(21-27-15)9-5-6-9/h9,12H,1-8H2,(H,20,23)(H,24,25)/t12-/m1/s1. The monoisotopic (exact) mass is 404 g/mol. The van der Waals surface area contributed by atoms with Crippen molar-refractivity contribution in [2.75, 3.05) is 11.9 Å². The third-order valence-corrected chi connectivity index (χ3v) is 6.66. The summed E-state index contributed by atoms with van der Waals surface area (Å²) in [5.74, 6) is 1.58. The number of ether oxygens (including phenoxy) is 1. The minimum atomic E-state index is -1.38. The molecule has 1 saturated carbocycles. The molecule has 0 spiro atoms. The summed E-state index contributed by atoms with van der Waals surface area (Å²) in [6, 6.07) is -0.376. The predicted molar refractivity (Wildman–Crippen MR) is 99.5 cm³/mol. The number of rotatable bonds is 4.